The van der Waals surface area contributed by atoms with Gasteiger partial charge in [0.05, 0.1) is 12.7 Å². The van der Waals surface area contributed by atoms with E-state index in [0.29, 0.717) is 18.4 Å². The van der Waals surface area contributed by atoms with Gasteiger partial charge in [0.2, 0.25) is 0 Å². The van der Waals surface area contributed by atoms with E-state index in [-0.39, 0.29) is 12.0 Å². The van der Waals surface area contributed by atoms with Crippen molar-refractivity contribution in [3.8, 4) is 5.75 Å². The monoisotopic (exact) mass is 279 g/mol. The van der Waals surface area contributed by atoms with Crippen LogP contribution >= 0.6 is 0 Å². The van der Waals surface area contributed by atoms with E-state index < -0.39 is 0 Å². The fourth-order valence-corrected chi connectivity index (χ4v) is 2.24. The summed E-state index contributed by atoms with van der Waals surface area (Å²) in [5.41, 5.74) is 6.91. The second kappa shape index (κ2) is 8.28. The van der Waals surface area contributed by atoms with E-state index in [4.69, 9.17) is 10.5 Å². The van der Waals surface area contributed by atoms with Gasteiger partial charge in [-0.25, -0.2) is 0 Å². The molecular weight excluding hydrogens is 250 g/mol. The fourth-order valence-electron chi connectivity index (χ4n) is 2.24. The first-order valence-electron chi connectivity index (χ1n) is 7.55. The summed E-state index contributed by atoms with van der Waals surface area (Å²) in [7, 11) is 0. The van der Waals surface area contributed by atoms with Crippen molar-refractivity contribution in [2.75, 3.05) is 13.2 Å². The van der Waals surface area contributed by atoms with Crippen molar-refractivity contribution >= 4 is 0 Å². The van der Waals surface area contributed by atoms with Gasteiger partial charge in [-0.1, -0.05) is 39.8 Å². The molecule has 0 radical (unpaired) electrons. The van der Waals surface area contributed by atoms with Gasteiger partial charge in [-0.2, -0.15) is 0 Å². The van der Waals surface area contributed by atoms with Gasteiger partial charge in [0, 0.05) is 12.5 Å². The number of hydrogen-bond donors (Lipinski definition) is 2. The summed E-state index contributed by atoms with van der Waals surface area (Å²) in [5.74, 6) is 1.85. The quantitative estimate of drug-likeness (QED) is 0.768. The molecule has 3 heteroatoms. The molecule has 0 aromatic heterocycles. The smallest absolute Gasteiger partial charge is 0.119 e. The first kappa shape index (κ1) is 17.0. The van der Waals surface area contributed by atoms with E-state index in [1.54, 1.807) is 0 Å². The normalized spacial score (nSPS) is 14.6. The first-order chi connectivity index (χ1) is 9.43. The molecule has 3 N–H and O–H groups in total. The third-order valence-corrected chi connectivity index (χ3v) is 3.32. The predicted molar refractivity (Wildman–Crippen MR) is 84.0 cm³/mol. The van der Waals surface area contributed by atoms with Crippen molar-refractivity contribution in [3.63, 3.8) is 0 Å². The topological polar surface area (TPSA) is 55.5 Å². The highest BCUT2D eigenvalue weighted by Gasteiger charge is 2.20. The minimum Gasteiger partial charge on any atom is -0.493 e. The standard InChI is InChI=1S/C17H29NO2/c1-12(2)9-17(19)16(10-18)14-5-7-15(8-6-14)20-11-13(3)4/h5-8,12-13,16-17,19H,9-11,18H2,1-4H3. The number of rotatable bonds is 8. The van der Waals surface area contributed by atoms with Gasteiger partial charge < -0.3 is 15.6 Å². The van der Waals surface area contributed by atoms with Crippen molar-refractivity contribution in [3.05, 3.63) is 29.8 Å². The minimum atomic E-state index is -0.387. The lowest BCUT2D eigenvalue weighted by atomic mass is 9.88. The molecule has 0 saturated heterocycles. The summed E-state index contributed by atoms with van der Waals surface area (Å²) in [6.45, 7) is 9.65. The molecule has 2 atom stereocenters. The highest BCUT2D eigenvalue weighted by molar-refractivity contribution is 5.30. The number of benzene rings is 1. The van der Waals surface area contributed by atoms with Crippen LogP contribution < -0.4 is 10.5 Å². The molecule has 1 aromatic carbocycles. The molecule has 0 aliphatic carbocycles. The molecule has 1 aromatic rings. The van der Waals surface area contributed by atoms with Crippen LogP contribution in [-0.4, -0.2) is 24.4 Å². The predicted octanol–water partition coefficient (Wildman–Crippen LogP) is 3.17. The Morgan fingerprint density at radius 1 is 1.05 bits per heavy atom. The molecule has 3 nitrogen and oxygen atoms in total. The van der Waals surface area contributed by atoms with Gasteiger partial charge in [0.15, 0.2) is 0 Å². The Kier molecular flexibility index (Phi) is 7.03. The number of nitrogens with two attached hydrogens (primary N) is 1. The summed E-state index contributed by atoms with van der Waals surface area (Å²) in [6.07, 6.45) is 0.385. The lowest BCUT2D eigenvalue weighted by molar-refractivity contribution is 0.121. The second-order valence-electron chi connectivity index (χ2n) is 6.31. The van der Waals surface area contributed by atoms with Crippen LogP contribution in [-0.2, 0) is 0 Å². The highest BCUT2D eigenvalue weighted by Crippen LogP contribution is 2.25. The van der Waals surface area contributed by atoms with Crippen LogP contribution in [0.2, 0.25) is 0 Å². The fraction of sp³-hybridized carbons (Fsp3) is 0.647. The van der Waals surface area contributed by atoms with Crippen molar-refractivity contribution in [1.29, 1.82) is 0 Å². The average molecular weight is 279 g/mol. The molecule has 0 heterocycles. The van der Waals surface area contributed by atoms with Gasteiger partial charge >= 0.3 is 0 Å². The third kappa shape index (κ3) is 5.51. The molecule has 0 fully saturated rings. The van der Waals surface area contributed by atoms with Gasteiger partial charge in [-0.15, -0.1) is 0 Å². The largest absolute Gasteiger partial charge is 0.493 e. The zero-order valence-electron chi connectivity index (χ0n) is 13.2. The Labute approximate surface area is 123 Å². The molecule has 114 valence electrons. The lowest BCUT2D eigenvalue weighted by Crippen LogP contribution is -2.27. The van der Waals surface area contributed by atoms with Crippen LogP contribution in [0.4, 0.5) is 0 Å². The molecule has 0 spiro atoms. The Morgan fingerprint density at radius 2 is 1.65 bits per heavy atom. The maximum Gasteiger partial charge on any atom is 0.119 e. The molecule has 2 unspecified atom stereocenters. The average Bonchev–Trinajstić information content (AvgIpc) is 2.37. The van der Waals surface area contributed by atoms with E-state index in [9.17, 15) is 5.11 Å². The zero-order valence-corrected chi connectivity index (χ0v) is 13.2. The van der Waals surface area contributed by atoms with Crippen LogP contribution in [0.25, 0.3) is 0 Å². The summed E-state index contributed by atoms with van der Waals surface area (Å²) in [5, 5.41) is 10.3. The van der Waals surface area contributed by atoms with Crippen LogP contribution in [0.5, 0.6) is 5.75 Å². The van der Waals surface area contributed by atoms with Crippen molar-refractivity contribution in [2.24, 2.45) is 17.6 Å². The van der Waals surface area contributed by atoms with Gasteiger partial charge in [-0.05, 0) is 36.0 Å². The SMILES string of the molecule is CC(C)COc1ccc(C(CN)C(O)CC(C)C)cc1. The molecule has 0 aliphatic rings. The number of aliphatic hydroxyl groups is 1. The number of ether oxygens (including phenoxy) is 1. The molecule has 0 saturated carbocycles. The molecule has 0 amide bonds. The highest BCUT2D eigenvalue weighted by atomic mass is 16.5. The zero-order chi connectivity index (χ0) is 15.1. The van der Waals surface area contributed by atoms with Crippen LogP contribution in [0.15, 0.2) is 24.3 Å². The molecule has 0 aliphatic heterocycles. The van der Waals surface area contributed by atoms with E-state index >= 15 is 0 Å². The third-order valence-electron chi connectivity index (χ3n) is 3.32. The van der Waals surface area contributed by atoms with E-state index in [2.05, 4.69) is 27.7 Å². The summed E-state index contributed by atoms with van der Waals surface area (Å²) >= 11 is 0. The molecular formula is C17H29NO2. The summed E-state index contributed by atoms with van der Waals surface area (Å²) in [4.78, 5) is 0. The number of aliphatic hydroxyl groups excluding tert-OH is 1. The molecule has 1 rings (SSSR count). The van der Waals surface area contributed by atoms with Gasteiger partial charge in [0.1, 0.15) is 5.75 Å². The van der Waals surface area contributed by atoms with E-state index in [1.807, 2.05) is 24.3 Å². The Morgan fingerprint density at radius 3 is 2.10 bits per heavy atom. The molecule has 0 bridgehead atoms. The van der Waals surface area contributed by atoms with Gasteiger partial charge in [-0.3, -0.25) is 0 Å². The van der Waals surface area contributed by atoms with Crippen molar-refractivity contribution in [1.82, 2.24) is 0 Å². The first-order valence-corrected chi connectivity index (χ1v) is 7.55. The van der Waals surface area contributed by atoms with E-state index in [1.165, 1.54) is 0 Å². The summed E-state index contributed by atoms with van der Waals surface area (Å²) < 4.78 is 5.67. The maximum atomic E-state index is 10.3. The van der Waals surface area contributed by atoms with Crippen LogP contribution in [0, 0.1) is 11.8 Å². The Hall–Kier alpha value is -1.06. The molecule has 20 heavy (non-hydrogen) atoms. The van der Waals surface area contributed by atoms with Crippen molar-refractivity contribution in [2.45, 2.75) is 46.1 Å². The lowest BCUT2D eigenvalue weighted by Gasteiger charge is -2.23. The minimum absolute atomic E-state index is 0.00320. The Balaban J connectivity index is 2.69. The number of hydrogen-bond acceptors (Lipinski definition) is 3. The Bertz CT molecular complexity index is 373. The van der Waals surface area contributed by atoms with E-state index in [0.717, 1.165) is 24.3 Å². The van der Waals surface area contributed by atoms with Crippen LogP contribution in [0.1, 0.15) is 45.6 Å². The van der Waals surface area contributed by atoms with Crippen molar-refractivity contribution < 1.29 is 9.84 Å². The van der Waals surface area contributed by atoms with Crippen LogP contribution in [0.3, 0.4) is 0 Å². The maximum absolute atomic E-state index is 10.3. The summed E-state index contributed by atoms with van der Waals surface area (Å²) in [6, 6.07) is 7.94. The van der Waals surface area contributed by atoms with Gasteiger partial charge in [0.25, 0.3) is 0 Å². The second-order valence-corrected chi connectivity index (χ2v) is 6.31.